The molecule has 1 heterocycles. The summed E-state index contributed by atoms with van der Waals surface area (Å²) >= 11 is 5.88. The van der Waals surface area contributed by atoms with Crippen LogP contribution in [-0.2, 0) is 29.4 Å². The third-order valence-corrected chi connectivity index (χ3v) is 6.23. The zero-order valence-corrected chi connectivity index (χ0v) is 16.2. The zero-order valence-electron chi connectivity index (χ0n) is 14.6. The number of rotatable bonds is 5. The minimum absolute atomic E-state index is 0.0571. The Morgan fingerprint density at radius 1 is 1.04 bits per heavy atom. The van der Waals surface area contributed by atoms with Gasteiger partial charge in [0.1, 0.15) is 6.33 Å². The molecule has 0 saturated carbocycles. The number of aromatic nitrogens is 3. The number of halogens is 1. The van der Waals surface area contributed by atoms with Gasteiger partial charge in [-0.2, -0.15) is 4.98 Å². The molecule has 6 nitrogen and oxygen atoms in total. The van der Waals surface area contributed by atoms with Crippen LogP contribution < -0.4 is 4.72 Å². The van der Waals surface area contributed by atoms with Gasteiger partial charge in [0.25, 0.3) is 16.0 Å². The van der Waals surface area contributed by atoms with Crippen LogP contribution in [0.5, 0.6) is 0 Å². The lowest BCUT2D eigenvalue weighted by Crippen LogP contribution is -2.15. The Balaban J connectivity index is 1.50. The van der Waals surface area contributed by atoms with Gasteiger partial charge in [0, 0.05) is 5.02 Å². The molecule has 0 bridgehead atoms. The Bertz CT molecular complexity index is 1060. The van der Waals surface area contributed by atoms with Gasteiger partial charge in [0.15, 0.2) is 0 Å². The Morgan fingerprint density at radius 2 is 1.78 bits per heavy atom. The first-order chi connectivity index (χ1) is 13.0. The molecular weight excluding hydrogens is 384 g/mol. The van der Waals surface area contributed by atoms with E-state index in [9.17, 15) is 8.42 Å². The van der Waals surface area contributed by atoms with Crippen molar-refractivity contribution in [2.75, 3.05) is 4.72 Å². The van der Waals surface area contributed by atoms with E-state index in [-0.39, 0.29) is 10.8 Å². The van der Waals surface area contributed by atoms with E-state index in [2.05, 4.69) is 14.8 Å². The second-order valence-corrected chi connectivity index (χ2v) is 8.75. The number of benzene rings is 2. The molecule has 0 saturated heterocycles. The predicted molar refractivity (Wildman–Crippen MR) is 104 cm³/mol. The van der Waals surface area contributed by atoms with Crippen LogP contribution in [0, 0.1) is 0 Å². The molecule has 0 aliphatic heterocycles. The van der Waals surface area contributed by atoms with E-state index in [0.29, 0.717) is 11.6 Å². The molecular formula is C19H19ClN4O2S. The molecule has 1 aliphatic rings. The largest absolute Gasteiger partial charge is 0.264 e. The summed E-state index contributed by atoms with van der Waals surface area (Å²) in [7, 11) is -3.72. The van der Waals surface area contributed by atoms with Gasteiger partial charge in [-0.3, -0.25) is 0 Å². The number of hydrogen-bond acceptors (Lipinski definition) is 4. The smallest absolute Gasteiger partial charge is 0.246 e. The standard InChI is InChI=1S/C19H19ClN4O2S/c20-17-8-5-14(6-9-17)12-24-13-21-19(22-24)23-27(25,26)18-10-7-15-3-1-2-4-16(15)11-18/h5-11,13H,1-4,12H2,(H,22,23). The molecule has 8 heteroatoms. The van der Waals surface area contributed by atoms with E-state index in [1.807, 2.05) is 18.2 Å². The molecule has 1 N–H and O–H groups in total. The second kappa shape index (κ2) is 7.32. The molecule has 27 heavy (non-hydrogen) atoms. The maximum absolute atomic E-state index is 12.7. The van der Waals surface area contributed by atoms with Crippen LogP contribution in [-0.4, -0.2) is 23.2 Å². The fraction of sp³-hybridized carbons (Fsp3) is 0.263. The molecule has 1 aromatic heterocycles. The number of anilines is 1. The molecule has 140 valence electrons. The van der Waals surface area contributed by atoms with Gasteiger partial charge in [-0.1, -0.05) is 29.8 Å². The molecule has 0 atom stereocenters. The van der Waals surface area contributed by atoms with Crippen molar-refractivity contribution in [1.82, 2.24) is 14.8 Å². The highest BCUT2D eigenvalue weighted by molar-refractivity contribution is 7.92. The van der Waals surface area contributed by atoms with Crippen LogP contribution in [0.2, 0.25) is 5.02 Å². The first-order valence-corrected chi connectivity index (χ1v) is 10.6. The van der Waals surface area contributed by atoms with E-state index in [4.69, 9.17) is 11.6 Å². The average molecular weight is 403 g/mol. The maximum Gasteiger partial charge on any atom is 0.264 e. The number of nitrogens with one attached hydrogen (secondary N) is 1. The van der Waals surface area contributed by atoms with Crippen molar-refractivity contribution in [2.45, 2.75) is 37.1 Å². The molecule has 3 aromatic rings. The fourth-order valence-electron chi connectivity index (χ4n) is 3.25. The highest BCUT2D eigenvalue weighted by atomic mass is 35.5. The lowest BCUT2D eigenvalue weighted by atomic mass is 9.92. The van der Waals surface area contributed by atoms with Crippen LogP contribution in [0.15, 0.2) is 53.7 Å². The third kappa shape index (κ3) is 4.14. The normalized spacial score (nSPS) is 14.0. The van der Waals surface area contributed by atoms with Crippen molar-refractivity contribution >= 4 is 27.6 Å². The summed E-state index contributed by atoms with van der Waals surface area (Å²) in [6, 6.07) is 12.7. The second-order valence-electron chi connectivity index (χ2n) is 6.64. The highest BCUT2D eigenvalue weighted by Gasteiger charge is 2.19. The Morgan fingerprint density at radius 3 is 2.56 bits per heavy atom. The van der Waals surface area contributed by atoms with Gasteiger partial charge >= 0.3 is 0 Å². The van der Waals surface area contributed by atoms with Crippen LogP contribution >= 0.6 is 11.6 Å². The molecule has 0 spiro atoms. The monoisotopic (exact) mass is 402 g/mol. The molecule has 4 rings (SSSR count). The van der Waals surface area contributed by atoms with Crippen molar-refractivity contribution in [3.05, 3.63) is 70.5 Å². The first kappa shape index (κ1) is 18.0. The Kier molecular flexibility index (Phi) is 4.88. The lowest BCUT2D eigenvalue weighted by molar-refractivity contribution is 0.599. The number of sulfonamides is 1. The minimum Gasteiger partial charge on any atom is -0.246 e. The summed E-state index contributed by atoms with van der Waals surface area (Å²) in [6.45, 7) is 0.477. The SMILES string of the molecule is O=S(=O)(Nc1ncn(Cc2ccc(Cl)cc2)n1)c1ccc2c(c1)CCCC2. The van der Waals surface area contributed by atoms with Gasteiger partial charge < -0.3 is 0 Å². The maximum atomic E-state index is 12.7. The van der Waals surface area contributed by atoms with Gasteiger partial charge in [0.2, 0.25) is 0 Å². The zero-order chi connectivity index (χ0) is 18.9. The molecule has 0 unspecified atom stereocenters. The van der Waals surface area contributed by atoms with Crippen LogP contribution in [0.25, 0.3) is 0 Å². The van der Waals surface area contributed by atoms with Crippen LogP contribution in [0.3, 0.4) is 0 Å². The summed E-state index contributed by atoms with van der Waals surface area (Å²) in [5.41, 5.74) is 3.35. The quantitative estimate of drug-likeness (QED) is 0.706. The van der Waals surface area contributed by atoms with E-state index >= 15 is 0 Å². The van der Waals surface area contributed by atoms with E-state index in [1.54, 1.807) is 28.9 Å². The van der Waals surface area contributed by atoms with E-state index in [1.165, 1.54) is 11.9 Å². The highest BCUT2D eigenvalue weighted by Crippen LogP contribution is 2.24. The molecule has 1 aliphatic carbocycles. The summed E-state index contributed by atoms with van der Waals surface area (Å²) < 4.78 is 29.4. The van der Waals surface area contributed by atoms with Gasteiger partial charge in [-0.25, -0.2) is 17.8 Å². The van der Waals surface area contributed by atoms with Gasteiger partial charge in [-0.15, -0.1) is 5.10 Å². The first-order valence-electron chi connectivity index (χ1n) is 8.78. The fourth-order valence-corrected chi connectivity index (χ4v) is 4.37. The van der Waals surface area contributed by atoms with E-state index in [0.717, 1.165) is 36.8 Å². The average Bonchev–Trinajstić information content (AvgIpc) is 3.09. The summed E-state index contributed by atoms with van der Waals surface area (Å²) in [6.07, 6.45) is 5.69. The summed E-state index contributed by atoms with van der Waals surface area (Å²) in [4.78, 5) is 4.31. The molecule has 0 fully saturated rings. The Hall–Kier alpha value is -2.38. The molecule has 0 radical (unpaired) electrons. The number of nitrogens with zero attached hydrogens (tertiary/aromatic N) is 3. The van der Waals surface area contributed by atoms with Crippen molar-refractivity contribution in [2.24, 2.45) is 0 Å². The van der Waals surface area contributed by atoms with Crippen molar-refractivity contribution < 1.29 is 8.42 Å². The van der Waals surface area contributed by atoms with Crippen LogP contribution in [0.1, 0.15) is 29.5 Å². The molecule has 0 amide bonds. The summed E-state index contributed by atoms with van der Waals surface area (Å²) in [5, 5.41) is 4.87. The van der Waals surface area contributed by atoms with Crippen LogP contribution in [0.4, 0.5) is 5.95 Å². The van der Waals surface area contributed by atoms with Crippen molar-refractivity contribution in [3.8, 4) is 0 Å². The van der Waals surface area contributed by atoms with E-state index < -0.39 is 10.0 Å². The number of hydrogen-bond donors (Lipinski definition) is 1. The van der Waals surface area contributed by atoms with Gasteiger partial charge in [-0.05, 0) is 66.6 Å². The molecule has 2 aromatic carbocycles. The lowest BCUT2D eigenvalue weighted by Gasteiger charge is -2.16. The van der Waals surface area contributed by atoms with Crippen molar-refractivity contribution in [3.63, 3.8) is 0 Å². The predicted octanol–water partition coefficient (Wildman–Crippen LogP) is 3.66. The third-order valence-electron chi connectivity index (χ3n) is 4.65. The minimum atomic E-state index is -3.72. The number of fused-ring (bicyclic) bond motifs is 1. The van der Waals surface area contributed by atoms with Gasteiger partial charge in [0.05, 0.1) is 11.4 Å². The summed E-state index contributed by atoms with van der Waals surface area (Å²) in [5.74, 6) is 0.0571. The Labute approximate surface area is 163 Å². The topological polar surface area (TPSA) is 76.9 Å². The number of aryl methyl sites for hydroxylation is 2. The van der Waals surface area contributed by atoms with Crippen molar-refractivity contribution in [1.29, 1.82) is 0 Å².